The summed E-state index contributed by atoms with van der Waals surface area (Å²) in [6, 6.07) is 15.6. The zero-order valence-corrected chi connectivity index (χ0v) is 12.8. The predicted octanol–water partition coefficient (Wildman–Crippen LogP) is 3.86. The zero-order chi connectivity index (χ0) is 15.9. The summed E-state index contributed by atoms with van der Waals surface area (Å²) in [6.45, 7) is 3.74. The Morgan fingerprint density at radius 1 is 1.14 bits per heavy atom. The second-order valence-corrected chi connectivity index (χ2v) is 5.09. The summed E-state index contributed by atoms with van der Waals surface area (Å²) in [7, 11) is 0. The van der Waals surface area contributed by atoms with Gasteiger partial charge in [0.25, 0.3) is 5.91 Å². The number of halogens is 1. The van der Waals surface area contributed by atoms with Crippen molar-refractivity contribution in [2.75, 3.05) is 0 Å². The topological polar surface area (TPSA) is 38.3 Å². The van der Waals surface area contributed by atoms with Crippen LogP contribution in [0, 0.1) is 5.82 Å². The molecule has 0 aliphatic rings. The number of nitrogens with one attached hydrogen (secondary N) is 1. The number of para-hydroxylation sites is 1. The standard InChI is InChI=1S/C18H20FNO2/c1-3-16(22-17-12-8-7-11-15(17)19)18(21)20-13(2)14-9-5-4-6-10-14/h4-13,16H,3H2,1-2H3,(H,20,21)/t13-,16+/m0/s1. The van der Waals surface area contributed by atoms with Crippen molar-refractivity contribution < 1.29 is 13.9 Å². The fraction of sp³-hybridized carbons (Fsp3) is 0.278. The molecule has 3 nitrogen and oxygen atoms in total. The minimum atomic E-state index is -0.719. The largest absolute Gasteiger partial charge is 0.478 e. The van der Waals surface area contributed by atoms with Gasteiger partial charge in [0.1, 0.15) is 0 Å². The SMILES string of the molecule is CC[C@@H](Oc1ccccc1F)C(=O)N[C@@H](C)c1ccccc1. The summed E-state index contributed by atoms with van der Waals surface area (Å²) < 4.78 is 19.1. The van der Waals surface area contributed by atoms with Crippen LogP contribution in [0.15, 0.2) is 54.6 Å². The van der Waals surface area contributed by atoms with E-state index >= 15 is 0 Å². The van der Waals surface area contributed by atoms with Gasteiger partial charge in [0.15, 0.2) is 17.7 Å². The minimum absolute atomic E-state index is 0.0943. The molecule has 0 aliphatic heterocycles. The predicted molar refractivity (Wildman–Crippen MR) is 84.1 cm³/mol. The highest BCUT2D eigenvalue weighted by molar-refractivity contribution is 5.81. The van der Waals surface area contributed by atoms with Gasteiger partial charge in [-0.05, 0) is 31.0 Å². The van der Waals surface area contributed by atoms with E-state index in [2.05, 4.69) is 5.32 Å². The molecule has 0 spiro atoms. The van der Waals surface area contributed by atoms with Gasteiger partial charge in [-0.2, -0.15) is 0 Å². The second kappa shape index (κ2) is 7.59. The summed E-state index contributed by atoms with van der Waals surface area (Å²) in [6.07, 6.45) is -0.259. The van der Waals surface area contributed by atoms with E-state index in [0.717, 1.165) is 5.56 Å². The van der Waals surface area contributed by atoms with Gasteiger partial charge in [-0.15, -0.1) is 0 Å². The molecule has 2 atom stereocenters. The van der Waals surface area contributed by atoms with E-state index in [-0.39, 0.29) is 17.7 Å². The number of amides is 1. The van der Waals surface area contributed by atoms with Crippen molar-refractivity contribution in [3.63, 3.8) is 0 Å². The number of carbonyl (C=O) groups is 1. The van der Waals surface area contributed by atoms with Gasteiger partial charge in [0, 0.05) is 0 Å². The van der Waals surface area contributed by atoms with Crippen LogP contribution in [0.5, 0.6) is 5.75 Å². The normalized spacial score (nSPS) is 13.2. The Labute approximate surface area is 130 Å². The number of rotatable bonds is 6. The van der Waals surface area contributed by atoms with Crippen molar-refractivity contribution in [1.82, 2.24) is 5.32 Å². The van der Waals surface area contributed by atoms with E-state index in [4.69, 9.17) is 4.74 Å². The Bertz CT molecular complexity index is 615. The fourth-order valence-corrected chi connectivity index (χ4v) is 2.15. The van der Waals surface area contributed by atoms with Crippen LogP contribution in [0.3, 0.4) is 0 Å². The van der Waals surface area contributed by atoms with Gasteiger partial charge in [0.2, 0.25) is 0 Å². The molecule has 0 unspecified atom stereocenters. The molecule has 1 N–H and O–H groups in total. The van der Waals surface area contributed by atoms with E-state index in [1.807, 2.05) is 44.2 Å². The molecule has 1 amide bonds. The number of carbonyl (C=O) groups excluding carboxylic acids is 1. The molecule has 2 rings (SSSR count). The number of benzene rings is 2. The lowest BCUT2D eigenvalue weighted by Crippen LogP contribution is -2.39. The molecule has 0 bridgehead atoms. The van der Waals surface area contributed by atoms with Gasteiger partial charge in [0.05, 0.1) is 6.04 Å². The van der Waals surface area contributed by atoms with Crippen molar-refractivity contribution in [3.8, 4) is 5.75 Å². The smallest absolute Gasteiger partial charge is 0.261 e. The number of ether oxygens (including phenoxy) is 1. The van der Waals surface area contributed by atoms with E-state index in [0.29, 0.717) is 6.42 Å². The molecular weight excluding hydrogens is 281 g/mol. The third-order valence-electron chi connectivity index (χ3n) is 3.43. The van der Waals surface area contributed by atoms with Crippen LogP contribution in [-0.2, 0) is 4.79 Å². The maximum absolute atomic E-state index is 13.6. The van der Waals surface area contributed by atoms with Gasteiger partial charge in [-0.25, -0.2) is 4.39 Å². The molecule has 0 heterocycles. The molecule has 0 aliphatic carbocycles. The van der Waals surface area contributed by atoms with Crippen molar-refractivity contribution in [1.29, 1.82) is 0 Å². The Morgan fingerprint density at radius 2 is 1.77 bits per heavy atom. The van der Waals surface area contributed by atoms with Gasteiger partial charge in [-0.3, -0.25) is 4.79 Å². The first-order chi connectivity index (χ1) is 10.6. The van der Waals surface area contributed by atoms with Gasteiger partial charge < -0.3 is 10.1 Å². The number of hydrogen-bond donors (Lipinski definition) is 1. The first kappa shape index (κ1) is 16.0. The summed E-state index contributed by atoms with van der Waals surface area (Å²) in [5.74, 6) is -0.621. The van der Waals surface area contributed by atoms with Crippen LogP contribution in [0.2, 0.25) is 0 Å². The molecule has 2 aromatic rings. The Balaban J connectivity index is 2.02. The fourth-order valence-electron chi connectivity index (χ4n) is 2.15. The third kappa shape index (κ3) is 4.07. The lowest BCUT2D eigenvalue weighted by molar-refractivity contribution is -0.128. The van der Waals surface area contributed by atoms with Crippen molar-refractivity contribution in [3.05, 3.63) is 66.0 Å². The van der Waals surface area contributed by atoms with Crippen molar-refractivity contribution >= 4 is 5.91 Å². The van der Waals surface area contributed by atoms with E-state index < -0.39 is 11.9 Å². The van der Waals surface area contributed by atoms with E-state index in [9.17, 15) is 9.18 Å². The lowest BCUT2D eigenvalue weighted by Gasteiger charge is -2.21. The monoisotopic (exact) mass is 301 g/mol. The molecule has 22 heavy (non-hydrogen) atoms. The maximum Gasteiger partial charge on any atom is 0.261 e. The average Bonchev–Trinajstić information content (AvgIpc) is 2.54. The molecule has 116 valence electrons. The Hall–Kier alpha value is -2.36. The zero-order valence-electron chi connectivity index (χ0n) is 12.8. The van der Waals surface area contributed by atoms with E-state index in [1.165, 1.54) is 12.1 Å². The highest BCUT2D eigenvalue weighted by Crippen LogP contribution is 2.19. The Kier molecular flexibility index (Phi) is 5.53. The summed E-state index contributed by atoms with van der Waals surface area (Å²) in [5, 5.41) is 2.90. The van der Waals surface area contributed by atoms with Gasteiger partial charge in [-0.1, -0.05) is 49.4 Å². The minimum Gasteiger partial charge on any atom is -0.478 e. The van der Waals surface area contributed by atoms with Crippen molar-refractivity contribution in [2.24, 2.45) is 0 Å². The summed E-state index contributed by atoms with van der Waals surface area (Å²) in [4.78, 5) is 12.3. The maximum atomic E-state index is 13.6. The van der Waals surface area contributed by atoms with Crippen LogP contribution >= 0.6 is 0 Å². The van der Waals surface area contributed by atoms with Crippen LogP contribution in [-0.4, -0.2) is 12.0 Å². The molecule has 0 saturated heterocycles. The van der Waals surface area contributed by atoms with Crippen molar-refractivity contribution in [2.45, 2.75) is 32.4 Å². The highest BCUT2D eigenvalue weighted by Gasteiger charge is 2.21. The third-order valence-corrected chi connectivity index (χ3v) is 3.43. The summed E-state index contributed by atoms with van der Waals surface area (Å²) >= 11 is 0. The first-order valence-corrected chi connectivity index (χ1v) is 7.38. The van der Waals surface area contributed by atoms with Crippen LogP contribution < -0.4 is 10.1 Å². The molecular formula is C18H20FNO2. The molecule has 4 heteroatoms. The quantitative estimate of drug-likeness (QED) is 0.880. The Morgan fingerprint density at radius 3 is 2.41 bits per heavy atom. The molecule has 0 fully saturated rings. The second-order valence-electron chi connectivity index (χ2n) is 5.09. The lowest BCUT2D eigenvalue weighted by atomic mass is 10.1. The highest BCUT2D eigenvalue weighted by atomic mass is 19.1. The number of hydrogen-bond acceptors (Lipinski definition) is 2. The first-order valence-electron chi connectivity index (χ1n) is 7.38. The van der Waals surface area contributed by atoms with Gasteiger partial charge >= 0.3 is 0 Å². The molecule has 0 radical (unpaired) electrons. The van der Waals surface area contributed by atoms with E-state index in [1.54, 1.807) is 12.1 Å². The molecule has 2 aromatic carbocycles. The van der Waals surface area contributed by atoms with Crippen LogP contribution in [0.25, 0.3) is 0 Å². The van der Waals surface area contributed by atoms with Crippen LogP contribution in [0.1, 0.15) is 31.9 Å². The molecule has 0 aromatic heterocycles. The average molecular weight is 301 g/mol. The summed E-state index contributed by atoms with van der Waals surface area (Å²) in [5.41, 5.74) is 1.01. The molecule has 0 saturated carbocycles. The van der Waals surface area contributed by atoms with Crippen LogP contribution in [0.4, 0.5) is 4.39 Å².